The highest BCUT2D eigenvalue weighted by Gasteiger charge is 2.21. The molecule has 2 N–H and O–H groups in total. The van der Waals surface area contributed by atoms with Crippen molar-refractivity contribution in [3.05, 3.63) is 23.0 Å². The Kier molecular flexibility index (Phi) is 4.21. The SMILES string of the molecule is CC1CCCC(Sc2cc(F)c(Cl)cc2N)C1. The molecule has 1 nitrogen and oxygen atoms in total. The number of anilines is 1. The lowest BCUT2D eigenvalue weighted by atomic mass is 9.91. The fourth-order valence-electron chi connectivity index (χ4n) is 2.31. The number of hydrogen-bond donors (Lipinski definition) is 1. The lowest BCUT2D eigenvalue weighted by molar-refractivity contribution is 0.394. The molecule has 1 aliphatic rings. The Labute approximate surface area is 111 Å². The van der Waals surface area contributed by atoms with Crippen molar-refractivity contribution in [3.63, 3.8) is 0 Å². The second-order valence-corrected chi connectivity index (χ2v) is 6.57. The van der Waals surface area contributed by atoms with Gasteiger partial charge >= 0.3 is 0 Å². The molecule has 1 aliphatic carbocycles. The first-order valence-electron chi connectivity index (χ1n) is 5.97. The number of rotatable bonds is 2. The Hall–Kier alpha value is -0.410. The molecule has 0 heterocycles. The van der Waals surface area contributed by atoms with Crippen LogP contribution in [0.2, 0.25) is 5.02 Å². The molecule has 0 amide bonds. The molecule has 0 radical (unpaired) electrons. The summed E-state index contributed by atoms with van der Waals surface area (Å²) in [5.41, 5.74) is 6.45. The Bertz CT molecular complexity index is 411. The summed E-state index contributed by atoms with van der Waals surface area (Å²) in [5, 5.41) is 0.658. The lowest BCUT2D eigenvalue weighted by Gasteiger charge is -2.26. The molecule has 0 aromatic heterocycles. The molecule has 4 heteroatoms. The van der Waals surface area contributed by atoms with E-state index in [2.05, 4.69) is 6.92 Å². The van der Waals surface area contributed by atoms with Crippen LogP contribution < -0.4 is 5.73 Å². The van der Waals surface area contributed by atoms with E-state index >= 15 is 0 Å². The number of halogens is 2. The van der Waals surface area contributed by atoms with E-state index in [0.717, 1.165) is 10.8 Å². The molecular formula is C13H17ClFNS. The number of thioether (sulfide) groups is 1. The largest absolute Gasteiger partial charge is 0.398 e. The van der Waals surface area contributed by atoms with E-state index in [-0.39, 0.29) is 10.8 Å². The zero-order valence-corrected chi connectivity index (χ0v) is 11.5. The number of hydrogen-bond acceptors (Lipinski definition) is 2. The number of nitrogens with two attached hydrogens (primary N) is 1. The quantitative estimate of drug-likeness (QED) is 0.788. The molecule has 2 rings (SSSR count). The summed E-state index contributed by atoms with van der Waals surface area (Å²) in [6.45, 7) is 2.28. The average Bonchev–Trinajstić information content (AvgIpc) is 2.26. The molecule has 17 heavy (non-hydrogen) atoms. The molecule has 0 spiro atoms. The van der Waals surface area contributed by atoms with Crippen LogP contribution in [-0.2, 0) is 0 Å². The molecule has 0 saturated heterocycles. The summed E-state index contributed by atoms with van der Waals surface area (Å²) in [6, 6.07) is 2.97. The van der Waals surface area contributed by atoms with Crippen LogP contribution in [0.1, 0.15) is 32.6 Å². The van der Waals surface area contributed by atoms with Gasteiger partial charge in [-0.3, -0.25) is 0 Å². The topological polar surface area (TPSA) is 26.0 Å². The monoisotopic (exact) mass is 273 g/mol. The van der Waals surface area contributed by atoms with Crippen LogP contribution in [0.4, 0.5) is 10.1 Å². The fourth-order valence-corrected chi connectivity index (χ4v) is 3.92. The van der Waals surface area contributed by atoms with Crippen molar-refractivity contribution in [2.24, 2.45) is 5.92 Å². The molecule has 94 valence electrons. The van der Waals surface area contributed by atoms with E-state index in [0.29, 0.717) is 10.9 Å². The van der Waals surface area contributed by atoms with Crippen LogP contribution in [0.25, 0.3) is 0 Å². The van der Waals surface area contributed by atoms with E-state index < -0.39 is 0 Å². The first-order chi connectivity index (χ1) is 8.06. The average molecular weight is 274 g/mol. The van der Waals surface area contributed by atoms with Crippen molar-refractivity contribution >= 4 is 29.1 Å². The molecule has 2 atom stereocenters. The first kappa shape index (κ1) is 13.0. The van der Waals surface area contributed by atoms with Crippen molar-refractivity contribution in [2.45, 2.75) is 42.8 Å². The van der Waals surface area contributed by atoms with Gasteiger partial charge in [-0.15, -0.1) is 11.8 Å². The smallest absolute Gasteiger partial charge is 0.143 e. The fraction of sp³-hybridized carbons (Fsp3) is 0.538. The minimum Gasteiger partial charge on any atom is -0.398 e. The second kappa shape index (κ2) is 5.49. The summed E-state index contributed by atoms with van der Waals surface area (Å²) < 4.78 is 13.4. The maximum Gasteiger partial charge on any atom is 0.143 e. The van der Waals surface area contributed by atoms with Gasteiger partial charge in [0.15, 0.2) is 0 Å². The van der Waals surface area contributed by atoms with E-state index in [1.54, 1.807) is 11.8 Å². The van der Waals surface area contributed by atoms with Gasteiger partial charge in [0.05, 0.1) is 5.02 Å². The minimum absolute atomic E-state index is 0.101. The molecule has 2 unspecified atom stereocenters. The lowest BCUT2D eigenvalue weighted by Crippen LogP contribution is -2.15. The predicted molar refractivity (Wildman–Crippen MR) is 73.1 cm³/mol. The van der Waals surface area contributed by atoms with Gasteiger partial charge in [-0.05, 0) is 30.9 Å². The van der Waals surface area contributed by atoms with Crippen molar-refractivity contribution < 1.29 is 4.39 Å². The molecular weight excluding hydrogens is 257 g/mol. The summed E-state index contributed by atoms with van der Waals surface area (Å²) in [5.74, 6) is 0.381. The van der Waals surface area contributed by atoms with E-state index in [1.165, 1.54) is 37.8 Å². The van der Waals surface area contributed by atoms with Gasteiger partial charge in [-0.25, -0.2) is 4.39 Å². The summed E-state index contributed by atoms with van der Waals surface area (Å²) in [7, 11) is 0. The zero-order chi connectivity index (χ0) is 12.4. The van der Waals surface area contributed by atoms with E-state index in [9.17, 15) is 4.39 Å². The van der Waals surface area contributed by atoms with Crippen LogP contribution in [0.3, 0.4) is 0 Å². The molecule has 1 aromatic carbocycles. The predicted octanol–water partition coefficient (Wildman–Crippen LogP) is 4.73. The van der Waals surface area contributed by atoms with Gasteiger partial charge in [0.1, 0.15) is 5.82 Å². The summed E-state index contributed by atoms with van der Waals surface area (Å²) >= 11 is 7.38. The molecule has 0 aliphatic heterocycles. The summed E-state index contributed by atoms with van der Waals surface area (Å²) in [4.78, 5) is 0.825. The highest BCUT2D eigenvalue weighted by Crippen LogP contribution is 2.39. The van der Waals surface area contributed by atoms with Crippen LogP contribution in [0.15, 0.2) is 17.0 Å². The highest BCUT2D eigenvalue weighted by molar-refractivity contribution is 8.00. The zero-order valence-electron chi connectivity index (χ0n) is 9.88. The third-order valence-electron chi connectivity index (χ3n) is 3.23. The van der Waals surface area contributed by atoms with Crippen molar-refractivity contribution in [3.8, 4) is 0 Å². The molecule has 1 aromatic rings. The Morgan fingerprint density at radius 3 is 2.88 bits per heavy atom. The minimum atomic E-state index is -0.382. The van der Waals surface area contributed by atoms with Crippen LogP contribution in [0.5, 0.6) is 0 Å². The van der Waals surface area contributed by atoms with Crippen molar-refractivity contribution in [1.29, 1.82) is 0 Å². The maximum atomic E-state index is 13.4. The third kappa shape index (κ3) is 3.29. The van der Waals surface area contributed by atoms with Crippen LogP contribution in [-0.4, -0.2) is 5.25 Å². The molecule has 1 saturated carbocycles. The van der Waals surface area contributed by atoms with Gasteiger partial charge in [0, 0.05) is 15.8 Å². The van der Waals surface area contributed by atoms with E-state index in [4.69, 9.17) is 17.3 Å². The van der Waals surface area contributed by atoms with Crippen LogP contribution >= 0.6 is 23.4 Å². The maximum absolute atomic E-state index is 13.4. The highest BCUT2D eigenvalue weighted by atomic mass is 35.5. The van der Waals surface area contributed by atoms with E-state index in [1.807, 2.05) is 0 Å². The Morgan fingerprint density at radius 1 is 1.41 bits per heavy atom. The van der Waals surface area contributed by atoms with Crippen molar-refractivity contribution in [2.75, 3.05) is 5.73 Å². The first-order valence-corrected chi connectivity index (χ1v) is 7.23. The number of nitrogen functional groups attached to an aromatic ring is 1. The van der Waals surface area contributed by atoms with Gasteiger partial charge < -0.3 is 5.73 Å². The Balaban J connectivity index is 2.10. The summed E-state index contributed by atoms with van der Waals surface area (Å²) in [6.07, 6.45) is 4.95. The van der Waals surface area contributed by atoms with Gasteiger partial charge in [0.2, 0.25) is 0 Å². The van der Waals surface area contributed by atoms with Gasteiger partial charge in [0.25, 0.3) is 0 Å². The standard InChI is InChI=1S/C13H17ClFNS/c1-8-3-2-4-9(5-8)17-13-7-11(15)10(14)6-12(13)16/h6-9H,2-5,16H2,1H3. The van der Waals surface area contributed by atoms with Crippen LogP contribution in [0, 0.1) is 11.7 Å². The second-order valence-electron chi connectivity index (χ2n) is 4.82. The van der Waals surface area contributed by atoms with Gasteiger partial charge in [-0.2, -0.15) is 0 Å². The molecule has 0 bridgehead atoms. The van der Waals surface area contributed by atoms with Gasteiger partial charge in [-0.1, -0.05) is 31.4 Å². The third-order valence-corrected chi connectivity index (χ3v) is 4.89. The normalized spacial score (nSPS) is 24.9. The van der Waals surface area contributed by atoms with Crippen molar-refractivity contribution in [1.82, 2.24) is 0 Å². The Morgan fingerprint density at radius 2 is 2.18 bits per heavy atom. The molecule has 1 fully saturated rings. The number of benzene rings is 1.